The van der Waals surface area contributed by atoms with Gasteiger partial charge in [0.05, 0.1) is 11.4 Å². The number of H-pyrrole nitrogens is 1. The second-order valence-electron chi connectivity index (χ2n) is 8.62. The average molecular weight is 430 g/mol. The van der Waals surface area contributed by atoms with Gasteiger partial charge in [0.25, 0.3) is 5.91 Å². The Morgan fingerprint density at radius 2 is 1.52 bits per heavy atom. The van der Waals surface area contributed by atoms with Gasteiger partial charge in [-0.3, -0.25) is 9.89 Å². The van der Waals surface area contributed by atoms with E-state index in [2.05, 4.69) is 82.2 Å². The molecule has 0 fully saturated rings. The molecule has 1 amide bonds. The minimum Gasteiger partial charge on any atom is -0.349 e. The van der Waals surface area contributed by atoms with Crippen LogP contribution in [-0.4, -0.2) is 22.1 Å². The summed E-state index contributed by atoms with van der Waals surface area (Å²) in [6.45, 7) is 0. The highest BCUT2D eigenvalue weighted by atomic mass is 16.1. The van der Waals surface area contributed by atoms with Crippen LogP contribution >= 0.6 is 0 Å². The number of carbonyl (C=O) groups is 1. The van der Waals surface area contributed by atoms with Crippen molar-refractivity contribution in [1.29, 1.82) is 0 Å². The fourth-order valence-electron chi connectivity index (χ4n) is 4.79. The van der Waals surface area contributed by atoms with Crippen LogP contribution in [0.1, 0.15) is 21.5 Å². The van der Waals surface area contributed by atoms with Crippen molar-refractivity contribution >= 4 is 16.7 Å². The number of aromatic amines is 1. The number of aromatic nitrogens is 2. The lowest BCUT2D eigenvalue weighted by atomic mass is 10.0. The summed E-state index contributed by atoms with van der Waals surface area (Å²) in [6.07, 6.45) is 1.79. The second-order valence-corrected chi connectivity index (χ2v) is 8.62. The first kappa shape index (κ1) is 19.5. The van der Waals surface area contributed by atoms with Gasteiger partial charge in [0.2, 0.25) is 0 Å². The van der Waals surface area contributed by atoms with Crippen LogP contribution in [0.2, 0.25) is 0 Å². The van der Waals surface area contributed by atoms with E-state index >= 15 is 0 Å². The maximum absolute atomic E-state index is 12.8. The molecule has 5 aromatic rings. The summed E-state index contributed by atoms with van der Waals surface area (Å²) in [7, 11) is 0. The van der Waals surface area contributed by atoms with Crippen molar-refractivity contribution < 1.29 is 4.79 Å². The average Bonchev–Trinajstić information content (AvgIpc) is 3.51. The van der Waals surface area contributed by atoms with Crippen LogP contribution in [0.25, 0.3) is 33.3 Å². The molecule has 1 heterocycles. The molecule has 0 aliphatic heterocycles. The Hall–Kier alpha value is -4.18. The molecule has 0 spiro atoms. The number of nitrogens with zero attached hydrogens (tertiary/aromatic N) is 1. The predicted octanol–water partition coefficient (Wildman–Crippen LogP) is 5.79. The first-order valence-electron chi connectivity index (χ1n) is 11.3. The van der Waals surface area contributed by atoms with Gasteiger partial charge in [-0.05, 0) is 52.9 Å². The molecule has 1 aliphatic carbocycles. The Morgan fingerprint density at radius 1 is 0.818 bits per heavy atom. The standard InChI is InChI=1S/C29H23N3O/c33-29(30-24-16-22-7-1-2-8-23(22)17-24)21-14-12-20(13-15-21)27-18-28(32-31-27)26-11-5-9-19-6-3-4-10-25(19)26/h1-15,18,24H,16-17H2,(H,30,33)(H,31,32). The van der Waals surface area contributed by atoms with E-state index in [4.69, 9.17) is 0 Å². The van der Waals surface area contributed by atoms with Gasteiger partial charge in [0, 0.05) is 22.7 Å². The maximum Gasteiger partial charge on any atom is 0.251 e. The topological polar surface area (TPSA) is 57.8 Å². The van der Waals surface area contributed by atoms with Crippen LogP contribution in [0.5, 0.6) is 0 Å². The smallest absolute Gasteiger partial charge is 0.251 e. The first-order chi connectivity index (χ1) is 16.2. The summed E-state index contributed by atoms with van der Waals surface area (Å²) >= 11 is 0. The summed E-state index contributed by atoms with van der Waals surface area (Å²) < 4.78 is 0. The summed E-state index contributed by atoms with van der Waals surface area (Å²) in [4.78, 5) is 12.8. The highest BCUT2D eigenvalue weighted by Crippen LogP contribution is 2.30. The summed E-state index contributed by atoms with van der Waals surface area (Å²) in [6, 6.07) is 32.9. The van der Waals surface area contributed by atoms with Crippen LogP contribution in [0.4, 0.5) is 0 Å². The van der Waals surface area contributed by atoms with Gasteiger partial charge in [-0.2, -0.15) is 5.10 Å². The van der Waals surface area contributed by atoms with E-state index in [0.717, 1.165) is 35.4 Å². The molecular formula is C29H23N3O. The normalized spacial score (nSPS) is 13.2. The summed E-state index contributed by atoms with van der Waals surface area (Å²) in [5.74, 6) is -0.0298. The molecule has 0 unspecified atom stereocenters. The van der Waals surface area contributed by atoms with E-state index in [-0.39, 0.29) is 11.9 Å². The number of fused-ring (bicyclic) bond motifs is 2. The molecule has 4 aromatic carbocycles. The number of carbonyl (C=O) groups excluding carboxylic acids is 1. The highest BCUT2D eigenvalue weighted by Gasteiger charge is 2.22. The molecule has 0 radical (unpaired) electrons. The van der Waals surface area contributed by atoms with Gasteiger partial charge in [-0.25, -0.2) is 0 Å². The van der Waals surface area contributed by atoms with Gasteiger partial charge in [-0.1, -0.05) is 78.9 Å². The molecule has 2 N–H and O–H groups in total. The molecule has 4 nitrogen and oxygen atoms in total. The Labute approximate surface area is 192 Å². The fraction of sp³-hybridized carbons (Fsp3) is 0.103. The van der Waals surface area contributed by atoms with Crippen LogP contribution < -0.4 is 5.32 Å². The van der Waals surface area contributed by atoms with Crippen LogP contribution in [0, 0.1) is 0 Å². The van der Waals surface area contributed by atoms with E-state index < -0.39 is 0 Å². The van der Waals surface area contributed by atoms with Crippen molar-refractivity contribution in [3.05, 3.63) is 114 Å². The SMILES string of the molecule is O=C(NC1Cc2ccccc2C1)c1ccc(-c2cc(-c3cccc4ccccc34)[nH]n2)cc1. The van der Waals surface area contributed by atoms with E-state index in [9.17, 15) is 4.79 Å². The Kier molecular flexibility index (Phi) is 4.76. The van der Waals surface area contributed by atoms with Gasteiger partial charge in [-0.15, -0.1) is 0 Å². The molecule has 6 rings (SSSR count). The molecule has 0 atom stereocenters. The second kappa shape index (κ2) is 8.06. The minimum absolute atomic E-state index is 0.0298. The molecule has 160 valence electrons. The quantitative estimate of drug-likeness (QED) is 0.380. The van der Waals surface area contributed by atoms with Crippen molar-refractivity contribution in [2.75, 3.05) is 0 Å². The third-order valence-electron chi connectivity index (χ3n) is 6.49. The lowest BCUT2D eigenvalue weighted by Crippen LogP contribution is -2.35. The number of hydrogen-bond donors (Lipinski definition) is 2. The Morgan fingerprint density at radius 3 is 2.30 bits per heavy atom. The number of rotatable bonds is 4. The number of benzene rings is 4. The van der Waals surface area contributed by atoms with Crippen molar-refractivity contribution in [2.24, 2.45) is 0 Å². The Balaban J connectivity index is 1.19. The lowest BCUT2D eigenvalue weighted by molar-refractivity contribution is 0.0938. The Bertz CT molecular complexity index is 1440. The third-order valence-corrected chi connectivity index (χ3v) is 6.49. The minimum atomic E-state index is -0.0298. The van der Waals surface area contributed by atoms with Crippen molar-refractivity contribution in [2.45, 2.75) is 18.9 Å². The summed E-state index contributed by atoms with van der Waals surface area (Å²) in [5.41, 5.74) is 7.26. The largest absolute Gasteiger partial charge is 0.349 e. The fourth-order valence-corrected chi connectivity index (χ4v) is 4.79. The molecule has 33 heavy (non-hydrogen) atoms. The third kappa shape index (κ3) is 3.70. The molecule has 0 bridgehead atoms. The van der Waals surface area contributed by atoms with Crippen LogP contribution in [0.15, 0.2) is 97.1 Å². The van der Waals surface area contributed by atoms with Crippen molar-refractivity contribution in [1.82, 2.24) is 15.5 Å². The van der Waals surface area contributed by atoms with Crippen molar-refractivity contribution in [3.8, 4) is 22.5 Å². The van der Waals surface area contributed by atoms with E-state index in [0.29, 0.717) is 5.56 Å². The van der Waals surface area contributed by atoms with Gasteiger partial charge < -0.3 is 5.32 Å². The van der Waals surface area contributed by atoms with Crippen LogP contribution in [-0.2, 0) is 12.8 Å². The predicted molar refractivity (Wildman–Crippen MR) is 132 cm³/mol. The molecular weight excluding hydrogens is 406 g/mol. The molecule has 4 heteroatoms. The molecule has 0 saturated heterocycles. The van der Waals surface area contributed by atoms with Gasteiger partial charge >= 0.3 is 0 Å². The lowest BCUT2D eigenvalue weighted by Gasteiger charge is -2.12. The molecule has 0 saturated carbocycles. The highest BCUT2D eigenvalue weighted by molar-refractivity contribution is 5.96. The monoisotopic (exact) mass is 429 g/mol. The summed E-state index contributed by atoms with van der Waals surface area (Å²) in [5, 5.41) is 13.3. The zero-order valence-electron chi connectivity index (χ0n) is 18.1. The van der Waals surface area contributed by atoms with E-state index in [1.807, 2.05) is 30.3 Å². The van der Waals surface area contributed by atoms with E-state index in [1.54, 1.807) is 0 Å². The van der Waals surface area contributed by atoms with E-state index in [1.165, 1.54) is 21.9 Å². The molecule has 1 aliphatic rings. The van der Waals surface area contributed by atoms with Gasteiger partial charge in [0.1, 0.15) is 0 Å². The zero-order chi connectivity index (χ0) is 22.2. The van der Waals surface area contributed by atoms with Crippen LogP contribution in [0.3, 0.4) is 0 Å². The number of nitrogens with one attached hydrogen (secondary N) is 2. The molecule has 1 aromatic heterocycles. The number of hydrogen-bond acceptors (Lipinski definition) is 2. The maximum atomic E-state index is 12.8. The van der Waals surface area contributed by atoms with Gasteiger partial charge in [0.15, 0.2) is 0 Å². The number of amides is 1. The zero-order valence-corrected chi connectivity index (χ0v) is 18.1. The van der Waals surface area contributed by atoms with Crippen molar-refractivity contribution in [3.63, 3.8) is 0 Å². The first-order valence-corrected chi connectivity index (χ1v) is 11.3.